The lowest BCUT2D eigenvalue weighted by Gasteiger charge is -1.98. The van der Waals surface area contributed by atoms with Gasteiger partial charge in [-0.15, -0.1) is 21.5 Å². The van der Waals surface area contributed by atoms with E-state index in [4.69, 9.17) is 0 Å². The van der Waals surface area contributed by atoms with Crippen LogP contribution in [-0.4, -0.2) is 19.8 Å². The first kappa shape index (κ1) is 13.6. The summed E-state index contributed by atoms with van der Waals surface area (Å²) < 4.78 is 1.87. The molecule has 0 spiro atoms. The first-order valence-corrected chi connectivity index (χ1v) is 8.89. The summed E-state index contributed by atoms with van der Waals surface area (Å²) >= 11 is 3.29. The summed E-state index contributed by atoms with van der Waals surface area (Å²) in [6.45, 7) is 0. The Morgan fingerprint density at radius 1 is 0.955 bits per heavy atom. The average molecular weight is 326 g/mol. The zero-order valence-corrected chi connectivity index (χ0v) is 13.5. The monoisotopic (exact) mass is 326 g/mol. The maximum Gasteiger partial charge on any atom is 0.234 e. The van der Waals surface area contributed by atoms with Crippen LogP contribution in [0.4, 0.5) is 0 Å². The molecule has 0 amide bonds. The number of aromatic nitrogens is 4. The van der Waals surface area contributed by atoms with E-state index in [0.29, 0.717) is 0 Å². The number of benzene rings is 1. The van der Waals surface area contributed by atoms with Gasteiger partial charge < -0.3 is 0 Å². The Morgan fingerprint density at radius 3 is 2.68 bits per heavy atom. The van der Waals surface area contributed by atoms with Gasteiger partial charge in [-0.2, -0.15) is 9.61 Å². The zero-order valence-electron chi connectivity index (χ0n) is 11.8. The Balaban J connectivity index is 1.49. The Hall–Kier alpha value is -2.05. The first-order chi connectivity index (χ1) is 10.9. The predicted molar refractivity (Wildman–Crippen MR) is 90.4 cm³/mol. The van der Waals surface area contributed by atoms with Gasteiger partial charge in [0.2, 0.25) is 4.96 Å². The molecule has 0 saturated carbocycles. The van der Waals surface area contributed by atoms with Gasteiger partial charge in [-0.05, 0) is 29.9 Å². The normalized spacial score (nSPS) is 11.3. The second-order valence-corrected chi connectivity index (χ2v) is 7.02. The van der Waals surface area contributed by atoms with Crippen molar-refractivity contribution in [3.8, 4) is 10.7 Å². The van der Waals surface area contributed by atoms with E-state index in [1.807, 2.05) is 16.0 Å². The molecule has 0 aliphatic rings. The molecule has 3 aromatic heterocycles. The van der Waals surface area contributed by atoms with Crippen LogP contribution in [0, 0.1) is 0 Å². The molecule has 4 aromatic rings. The van der Waals surface area contributed by atoms with Crippen LogP contribution < -0.4 is 0 Å². The fraction of sp³-hybridized carbons (Fsp3) is 0.188. The van der Waals surface area contributed by atoms with Crippen molar-refractivity contribution in [3.05, 3.63) is 58.4 Å². The minimum Gasteiger partial charge on any atom is -0.182 e. The predicted octanol–water partition coefficient (Wildman–Crippen LogP) is 4.09. The topological polar surface area (TPSA) is 43.1 Å². The van der Waals surface area contributed by atoms with Crippen molar-refractivity contribution >= 4 is 27.6 Å². The molecule has 3 heterocycles. The van der Waals surface area contributed by atoms with E-state index in [1.54, 1.807) is 22.7 Å². The lowest BCUT2D eigenvalue weighted by molar-refractivity contribution is 0.789. The molecule has 0 aliphatic carbocycles. The van der Waals surface area contributed by atoms with Crippen molar-refractivity contribution in [1.82, 2.24) is 19.8 Å². The molecular formula is C16H14N4S2. The van der Waals surface area contributed by atoms with Crippen molar-refractivity contribution in [3.63, 3.8) is 0 Å². The smallest absolute Gasteiger partial charge is 0.182 e. The third-order valence-corrected chi connectivity index (χ3v) is 5.30. The number of nitrogens with zero attached hydrogens (tertiary/aromatic N) is 4. The standard InChI is InChI=1S/C16H14N4S2/c1-2-6-12(7-3-1)8-4-10-14-19-20-15(13-9-5-11-21-13)17-18-16(20)22-14/h1-3,5-7,9,11H,4,8,10H2. The third-order valence-electron chi connectivity index (χ3n) is 3.47. The van der Waals surface area contributed by atoms with Gasteiger partial charge in [0.05, 0.1) is 4.88 Å². The van der Waals surface area contributed by atoms with Gasteiger partial charge in [0.15, 0.2) is 5.82 Å². The largest absolute Gasteiger partial charge is 0.234 e. The minimum atomic E-state index is 0.843. The number of hydrogen-bond donors (Lipinski definition) is 0. The Kier molecular flexibility index (Phi) is 3.70. The molecule has 0 unspecified atom stereocenters. The summed E-state index contributed by atoms with van der Waals surface area (Å²) in [4.78, 5) is 1.98. The van der Waals surface area contributed by atoms with Gasteiger partial charge in [0, 0.05) is 6.42 Å². The highest BCUT2D eigenvalue weighted by molar-refractivity contribution is 7.16. The summed E-state index contributed by atoms with van der Waals surface area (Å²) in [6.07, 6.45) is 3.16. The molecule has 4 rings (SSSR count). The molecule has 0 N–H and O–H groups in total. The summed E-state index contributed by atoms with van der Waals surface area (Å²) in [5.41, 5.74) is 1.38. The SMILES string of the molecule is c1ccc(CCCc2nn3c(-c4cccs4)nnc3s2)cc1. The van der Waals surface area contributed by atoms with Crippen molar-refractivity contribution in [2.24, 2.45) is 0 Å². The molecule has 0 bridgehead atoms. The van der Waals surface area contributed by atoms with E-state index in [9.17, 15) is 0 Å². The summed E-state index contributed by atoms with van der Waals surface area (Å²) in [5, 5.41) is 16.3. The zero-order chi connectivity index (χ0) is 14.8. The van der Waals surface area contributed by atoms with E-state index >= 15 is 0 Å². The maximum absolute atomic E-state index is 4.68. The van der Waals surface area contributed by atoms with E-state index in [1.165, 1.54) is 5.56 Å². The highest BCUT2D eigenvalue weighted by Crippen LogP contribution is 2.25. The molecule has 110 valence electrons. The average Bonchev–Trinajstić information content (AvgIpc) is 3.24. The van der Waals surface area contributed by atoms with Crippen LogP contribution in [0.25, 0.3) is 15.7 Å². The van der Waals surface area contributed by atoms with Gasteiger partial charge in [-0.3, -0.25) is 0 Å². The number of rotatable bonds is 5. The van der Waals surface area contributed by atoms with E-state index in [2.05, 4.69) is 51.7 Å². The maximum atomic E-state index is 4.68. The van der Waals surface area contributed by atoms with Crippen molar-refractivity contribution in [2.75, 3.05) is 0 Å². The molecular weight excluding hydrogens is 312 g/mol. The molecule has 0 aliphatic heterocycles. The fourth-order valence-electron chi connectivity index (χ4n) is 2.41. The Morgan fingerprint density at radius 2 is 1.86 bits per heavy atom. The van der Waals surface area contributed by atoms with E-state index in [-0.39, 0.29) is 0 Å². The lowest BCUT2D eigenvalue weighted by Crippen LogP contribution is -1.93. The van der Waals surface area contributed by atoms with Crippen LogP contribution in [0.2, 0.25) is 0 Å². The van der Waals surface area contributed by atoms with Gasteiger partial charge >= 0.3 is 0 Å². The molecule has 0 radical (unpaired) electrons. The van der Waals surface area contributed by atoms with Crippen LogP contribution in [0.15, 0.2) is 47.8 Å². The number of hydrogen-bond acceptors (Lipinski definition) is 5. The Labute approximate surface area is 136 Å². The van der Waals surface area contributed by atoms with Crippen LogP contribution in [0.5, 0.6) is 0 Å². The van der Waals surface area contributed by atoms with Crippen LogP contribution in [0.1, 0.15) is 17.0 Å². The van der Waals surface area contributed by atoms with Crippen LogP contribution in [-0.2, 0) is 12.8 Å². The fourth-order valence-corrected chi connectivity index (χ4v) is 3.97. The summed E-state index contributed by atoms with van der Waals surface area (Å²) in [7, 11) is 0. The van der Waals surface area contributed by atoms with Gasteiger partial charge in [0.1, 0.15) is 5.01 Å². The van der Waals surface area contributed by atoms with Crippen molar-refractivity contribution < 1.29 is 0 Å². The summed E-state index contributed by atoms with van der Waals surface area (Å²) in [5.74, 6) is 0.843. The molecule has 0 fully saturated rings. The molecule has 1 aromatic carbocycles. The van der Waals surface area contributed by atoms with Gasteiger partial charge in [0.25, 0.3) is 0 Å². The molecule has 22 heavy (non-hydrogen) atoms. The Bertz CT molecular complexity index is 862. The third kappa shape index (κ3) is 2.67. The lowest BCUT2D eigenvalue weighted by atomic mass is 10.1. The molecule has 6 heteroatoms. The number of thiophene rings is 1. The van der Waals surface area contributed by atoms with E-state index < -0.39 is 0 Å². The van der Waals surface area contributed by atoms with Crippen LogP contribution in [0.3, 0.4) is 0 Å². The molecule has 0 atom stereocenters. The van der Waals surface area contributed by atoms with Crippen molar-refractivity contribution in [2.45, 2.75) is 19.3 Å². The second kappa shape index (κ2) is 5.98. The van der Waals surface area contributed by atoms with Crippen molar-refractivity contribution in [1.29, 1.82) is 0 Å². The number of aryl methyl sites for hydroxylation is 2. The van der Waals surface area contributed by atoms with E-state index in [0.717, 1.165) is 39.9 Å². The number of fused-ring (bicyclic) bond motifs is 1. The van der Waals surface area contributed by atoms with Crippen LogP contribution >= 0.6 is 22.7 Å². The highest BCUT2D eigenvalue weighted by Gasteiger charge is 2.13. The van der Waals surface area contributed by atoms with Gasteiger partial charge in [-0.1, -0.05) is 47.7 Å². The molecule has 4 nitrogen and oxygen atoms in total. The molecule has 0 saturated heterocycles. The highest BCUT2D eigenvalue weighted by atomic mass is 32.1. The minimum absolute atomic E-state index is 0.843. The second-order valence-electron chi connectivity index (χ2n) is 5.03. The quantitative estimate of drug-likeness (QED) is 0.555. The first-order valence-electron chi connectivity index (χ1n) is 7.19. The summed E-state index contributed by atoms with van der Waals surface area (Å²) in [6, 6.07) is 14.7. The van der Waals surface area contributed by atoms with Gasteiger partial charge in [-0.25, -0.2) is 0 Å².